The van der Waals surface area contributed by atoms with E-state index in [2.05, 4.69) is 10.6 Å². The van der Waals surface area contributed by atoms with E-state index < -0.39 is 29.5 Å². The average Bonchev–Trinajstić information content (AvgIpc) is 3.12. The van der Waals surface area contributed by atoms with E-state index in [4.69, 9.17) is 16.3 Å². The molecule has 194 valence electrons. The van der Waals surface area contributed by atoms with Crippen LogP contribution >= 0.6 is 11.6 Å². The predicted octanol–water partition coefficient (Wildman–Crippen LogP) is 5.47. The first-order chi connectivity index (χ1) is 18.3. The largest absolute Gasteiger partial charge is 0.462 e. The molecule has 10 heteroatoms. The standard InChI is InChI=1S/C28H23ClFN3O5/c1-2-3-16-38-28(37)19-8-4-6-10-21(19)32-25(34)17-12-14-18(15-13-17)31-24-23(29)26(35)33(27(24)36)22-11-7-5-9-20(22)30/h4-15,31H,2-3,16H2,1H3,(H,32,34). The molecule has 0 spiro atoms. The summed E-state index contributed by atoms with van der Waals surface area (Å²) in [6.45, 7) is 2.28. The van der Waals surface area contributed by atoms with Crippen LogP contribution in [-0.2, 0) is 14.3 Å². The average molecular weight is 536 g/mol. The van der Waals surface area contributed by atoms with Crippen molar-refractivity contribution in [1.82, 2.24) is 0 Å². The molecule has 0 fully saturated rings. The number of esters is 1. The van der Waals surface area contributed by atoms with E-state index in [0.717, 1.165) is 18.9 Å². The second-order valence-electron chi connectivity index (χ2n) is 8.28. The molecule has 1 heterocycles. The van der Waals surface area contributed by atoms with Crippen LogP contribution < -0.4 is 15.5 Å². The van der Waals surface area contributed by atoms with E-state index in [1.807, 2.05) is 6.92 Å². The van der Waals surface area contributed by atoms with Gasteiger partial charge in [-0.1, -0.05) is 49.2 Å². The number of halogens is 2. The third-order valence-corrected chi connectivity index (χ3v) is 6.01. The van der Waals surface area contributed by atoms with Gasteiger partial charge in [0.05, 0.1) is 23.5 Å². The fourth-order valence-corrected chi connectivity index (χ4v) is 3.88. The minimum absolute atomic E-state index is 0.209. The molecule has 3 aromatic rings. The van der Waals surface area contributed by atoms with Crippen LogP contribution in [0.2, 0.25) is 0 Å². The van der Waals surface area contributed by atoms with Gasteiger partial charge in [-0.25, -0.2) is 14.1 Å². The zero-order valence-corrected chi connectivity index (χ0v) is 21.0. The number of rotatable bonds is 9. The first-order valence-corrected chi connectivity index (χ1v) is 12.2. The summed E-state index contributed by atoms with van der Waals surface area (Å²) < 4.78 is 19.4. The number of nitrogens with one attached hydrogen (secondary N) is 2. The molecule has 3 aromatic carbocycles. The predicted molar refractivity (Wildman–Crippen MR) is 141 cm³/mol. The molecular weight excluding hydrogens is 513 g/mol. The molecule has 0 aromatic heterocycles. The Morgan fingerprint density at radius 2 is 1.63 bits per heavy atom. The van der Waals surface area contributed by atoms with Crippen LogP contribution in [0.4, 0.5) is 21.5 Å². The summed E-state index contributed by atoms with van der Waals surface area (Å²) >= 11 is 6.10. The Hall–Kier alpha value is -4.50. The number of carbonyl (C=O) groups is 4. The molecule has 1 aliphatic rings. The maximum absolute atomic E-state index is 14.2. The number of imide groups is 1. The highest BCUT2D eigenvalue weighted by Crippen LogP contribution is 2.31. The van der Waals surface area contributed by atoms with E-state index >= 15 is 0 Å². The molecule has 3 amide bonds. The van der Waals surface area contributed by atoms with Gasteiger partial charge >= 0.3 is 5.97 Å². The molecule has 1 aliphatic heterocycles. The molecule has 38 heavy (non-hydrogen) atoms. The normalized spacial score (nSPS) is 13.1. The van der Waals surface area contributed by atoms with Crippen LogP contribution in [-0.4, -0.2) is 30.3 Å². The van der Waals surface area contributed by atoms with Crippen molar-refractivity contribution < 1.29 is 28.3 Å². The molecule has 0 bridgehead atoms. The molecule has 8 nitrogen and oxygen atoms in total. The second-order valence-corrected chi connectivity index (χ2v) is 8.66. The Morgan fingerprint density at radius 3 is 2.34 bits per heavy atom. The number of para-hydroxylation sites is 2. The van der Waals surface area contributed by atoms with Gasteiger partial charge in [0, 0.05) is 11.3 Å². The highest BCUT2D eigenvalue weighted by atomic mass is 35.5. The van der Waals surface area contributed by atoms with Crippen LogP contribution in [0.1, 0.15) is 40.5 Å². The van der Waals surface area contributed by atoms with Crippen molar-refractivity contribution in [2.75, 3.05) is 22.1 Å². The fraction of sp³-hybridized carbons (Fsp3) is 0.143. The Balaban J connectivity index is 1.45. The van der Waals surface area contributed by atoms with E-state index in [1.54, 1.807) is 24.3 Å². The first kappa shape index (κ1) is 26.6. The van der Waals surface area contributed by atoms with Crippen molar-refractivity contribution in [3.05, 3.63) is 100 Å². The quantitative estimate of drug-likeness (QED) is 0.214. The summed E-state index contributed by atoms with van der Waals surface area (Å²) in [7, 11) is 0. The smallest absolute Gasteiger partial charge is 0.340 e. The van der Waals surface area contributed by atoms with Gasteiger partial charge in [0.25, 0.3) is 17.7 Å². The summed E-state index contributed by atoms with van der Waals surface area (Å²) in [4.78, 5) is 51.3. The zero-order chi connectivity index (χ0) is 27.2. The number of carbonyl (C=O) groups excluding carboxylic acids is 4. The van der Waals surface area contributed by atoms with Gasteiger partial charge in [-0.15, -0.1) is 0 Å². The van der Waals surface area contributed by atoms with Crippen molar-refractivity contribution in [2.24, 2.45) is 0 Å². The summed E-state index contributed by atoms with van der Waals surface area (Å²) in [5, 5.41) is 5.10. The molecule has 0 atom stereocenters. The lowest BCUT2D eigenvalue weighted by molar-refractivity contribution is -0.120. The van der Waals surface area contributed by atoms with Gasteiger partial charge in [-0.05, 0) is 55.0 Å². The van der Waals surface area contributed by atoms with Crippen molar-refractivity contribution in [2.45, 2.75) is 19.8 Å². The Kier molecular flexibility index (Phi) is 8.18. The minimum atomic E-state index is -0.854. The zero-order valence-electron chi connectivity index (χ0n) is 20.3. The van der Waals surface area contributed by atoms with E-state index in [9.17, 15) is 23.6 Å². The molecule has 0 unspecified atom stereocenters. The lowest BCUT2D eigenvalue weighted by Crippen LogP contribution is -2.33. The fourth-order valence-electron chi connectivity index (χ4n) is 3.66. The summed E-state index contributed by atoms with van der Waals surface area (Å²) in [6.07, 6.45) is 1.62. The lowest BCUT2D eigenvalue weighted by Gasteiger charge is -2.15. The molecule has 0 saturated carbocycles. The number of ether oxygens (including phenoxy) is 1. The van der Waals surface area contributed by atoms with E-state index in [0.29, 0.717) is 22.9 Å². The molecule has 2 N–H and O–H groups in total. The highest BCUT2D eigenvalue weighted by molar-refractivity contribution is 6.53. The molecular formula is C28H23ClFN3O5. The van der Waals surface area contributed by atoms with Crippen molar-refractivity contribution >= 4 is 52.4 Å². The van der Waals surface area contributed by atoms with Crippen molar-refractivity contribution in [1.29, 1.82) is 0 Å². The molecule has 4 rings (SSSR count). The number of nitrogens with zero attached hydrogens (tertiary/aromatic N) is 1. The van der Waals surface area contributed by atoms with Crippen molar-refractivity contribution in [3.63, 3.8) is 0 Å². The van der Waals surface area contributed by atoms with E-state index in [1.165, 1.54) is 42.5 Å². The van der Waals surface area contributed by atoms with E-state index in [-0.39, 0.29) is 27.5 Å². The van der Waals surface area contributed by atoms with Crippen molar-refractivity contribution in [3.8, 4) is 0 Å². The van der Waals surface area contributed by atoms with Gasteiger partial charge in [0.2, 0.25) is 0 Å². The maximum Gasteiger partial charge on any atom is 0.340 e. The number of anilines is 3. The van der Waals surface area contributed by atoms with Gasteiger partial charge in [0.15, 0.2) is 0 Å². The topological polar surface area (TPSA) is 105 Å². The minimum Gasteiger partial charge on any atom is -0.462 e. The van der Waals surface area contributed by atoms with Crippen LogP contribution in [0.15, 0.2) is 83.5 Å². The number of hydrogen-bond donors (Lipinski definition) is 2. The van der Waals surface area contributed by atoms with Crippen LogP contribution in [0.3, 0.4) is 0 Å². The molecule has 0 radical (unpaired) electrons. The highest BCUT2D eigenvalue weighted by Gasteiger charge is 2.40. The maximum atomic E-state index is 14.2. The Bertz CT molecular complexity index is 1440. The first-order valence-electron chi connectivity index (χ1n) is 11.8. The number of hydrogen-bond acceptors (Lipinski definition) is 6. The Labute approximate surface area is 223 Å². The number of unbranched alkanes of at least 4 members (excludes halogenated alkanes) is 1. The molecule has 0 aliphatic carbocycles. The summed E-state index contributed by atoms with van der Waals surface area (Å²) in [5.74, 6) is -3.41. The van der Waals surface area contributed by atoms with Crippen LogP contribution in [0, 0.1) is 5.82 Å². The molecule has 0 saturated heterocycles. The van der Waals surface area contributed by atoms with Crippen LogP contribution in [0.25, 0.3) is 0 Å². The van der Waals surface area contributed by atoms with Gasteiger partial charge in [-0.2, -0.15) is 0 Å². The van der Waals surface area contributed by atoms with Gasteiger partial charge in [0.1, 0.15) is 16.5 Å². The number of benzene rings is 3. The summed E-state index contributed by atoms with van der Waals surface area (Å²) in [5.41, 5.74) is 0.756. The third-order valence-electron chi connectivity index (χ3n) is 5.66. The Morgan fingerprint density at radius 1 is 0.947 bits per heavy atom. The van der Waals surface area contributed by atoms with Gasteiger partial charge in [-0.3, -0.25) is 14.4 Å². The van der Waals surface area contributed by atoms with Crippen LogP contribution in [0.5, 0.6) is 0 Å². The summed E-state index contributed by atoms with van der Waals surface area (Å²) in [6, 6.07) is 17.9. The van der Waals surface area contributed by atoms with Gasteiger partial charge < -0.3 is 15.4 Å². The third kappa shape index (κ3) is 5.57. The monoisotopic (exact) mass is 535 g/mol. The lowest BCUT2D eigenvalue weighted by atomic mass is 10.1. The number of amides is 3. The second kappa shape index (κ2) is 11.7. The SMILES string of the molecule is CCCCOC(=O)c1ccccc1NC(=O)c1ccc(NC2=C(Cl)C(=O)N(c3ccccc3F)C2=O)cc1.